The van der Waals surface area contributed by atoms with Crippen LogP contribution in [0.25, 0.3) is 11.0 Å². The molecular formula is C18H18ClFN4O. The van der Waals surface area contributed by atoms with Crippen LogP contribution in [0.3, 0.4) is 0 Å². The SMILES string of the molecule is Nc1oc2c(N3CCCCC3)nccc2c1Nc1ccc(F)c(Cl)c1. The van der Waals surface area contributed by atoms with Gasteiger partial charge < -0.3 is 20.4 Å². The van der Waals surface area contributed by atoms with Gasteiger partial charge in [-0.1, -0.05) is 11.6 Å². The first-order valence-corrected chi connectivity index (χ1v) is 8.65. The summed E-state index contributed by atoms with van der Waals surface area (Å²) < 4.78 is 19.2. The number of hydrogen-bond donors (Lipinski definition) is 2. The van der Waals surface area contributed by atoms with Gasteiger partial charge in [-0.05, 0) is 43.5 Å². The van der Waals surface area contributed by atoms with Crippen molar-refractivity contribution in [2.24, 2.45) is 0 Å². The van der Waals surface area contributed by atoms with Gasteiger partial charge >= 0.3 is 0 Å². The Kier molecular flexibility index (Phi) is 4.13. The van der Waals surface area contributed by atoms with Crippen molar-refractivity contribution in [3.8, 4) is 0 Å². The minimum atomic E-state index is -0.464. The zero-order valence-electron chi connectivity index (χ0n) is 13.6. The summed E-state index contributed by atoms with van der Waals surface area (Å²) in [5.74, 6) is 0.615. The molecule has 1 saturated heterocycles. The zero-order valence-corrected chi connectivity index (χ0v) is 14.3. The average molecular weight is 361 g/mol. The summed E-state index contributed by atoms with van der Waals surface area (Å²) in [6.45, 7) is 1.92. The fraction of sp³-hybridized carbons (Fsp3) is 0.278. The Bertz CT molecular complexity index is 921. The van der Waals surface area contributed by atoms with Crippen molar-refractivity contribution in [1.82, 2.24) is 4.98 Å². The molecule has 3 N–H and O–H groups in total. The lowest BCUT2D eigenvalue weighted by molar-refractivity contribution is 0.567. The van der Waals surface area contributed by atoms with E-state index in [9.17, 15) is 4.39 Å². The maximum absolute atomic E-state index is 13.4. The molecule has 0 bridgehead atoms. The number of nitrogens with zero attached hydrogens (tertiary/aromatic N) is 2. The third-order valence-electron chi connectivity index (χ3n) is 4.46. The maximum Gasteiger partial charge on any atom is 0.215 e. The van der Waals surface area contributed by atoms with Crippen molar-refractivity contribution in [1.29, 1.82) is 0 Å². The number of nitrogens with two attached hydrogens (primary N) is 1. The van der Waals surface area contributed by atoms with E-state index in [1.165, 1.54) is 18.6 Å². The van der Waals surface area contributed by atoms with E-state index in [0.29, 0.717) is 17.0 Å². The van der Waals surface area contributed by atoms with Gasteiger partial charge in [-0.2, -0.15) is 0 Å². The molecule has 1 aliphatic heterocycles. The fourth-order valence-corrected chi connectivity index (χ4v) is 3.39. The van der Waals surface area contributed by atoms with E-state index >= 15 is 0 Å². The normalized spacial score (nSPS) is 14.9. The number of hydrogen-bond acceptors (Lipinski definition) is 5. The van der Waals surface area contributed by atoms with E-state index in [4.69, 9.17) is 21.8 Å². The number of furan rings is 1. The predicted octanol–water partition coefficient (Wildman–Crippen LogP) is 4.94. The molecule has 1 aromatic carbocycles. The summed E-state index contributed by atoms with van der Waals surface area (Å²) in [7, 11) is 0. The van der Waals surface area contributed by atoms with Crippen LogP contribution in [0, 0.1) is 5.82 Å². The van der Waals surface area contributed by atoms with Crippen LogP contribution in [0.5, 0.6) is 0 Å². The number of aromatic nitrogens is 1. The van der Waals surface area contributed by atoms with Gasteiger partial charge in [-0.15, -0.1) is 0 Å². The van der Waals surface area contributed by atoms with Crippen LogP contribution >= 0.6 is 11.6 Å². The van der Waals surface area contributed by atoms with Gasteiger partial charge in [0.15, 0.2) is 11.4 Å². The van der Waals surface area contributed by atoms with Gasteiger partial charge in [0.25, 0.3) is 0 Å². The summed E-state index contributed by atoms with van der Waals surface area (Å²) in [6, 6.07) is 6.29. The highest BCUT2D eigenvalue weighted by Crippen LogP contribution is 2.39. The molecule has 5 nitrogen and oxygen atoms in total. The van der Waals surface area contributed by atoms with Gasteiger partial charge in [0.1, 0.15) is 11.5 Å². The van der Waals surface area contributed by atoms with Crippen molar-refractivity contribution in [2.45, 2.75) is 19.3 Å². The van der Waals surface area contributed by atoms with Crippen LogP contribution in [0.4, 0.5) is 27.5 Å². The second-order valence-electron chi connectivity index (χ2n) is 6.15. The molecule has 0 amide bonds. The molecule has 0 aliphatic carbocycles. The molecule has 25 heavy (non-hydrogen) atoms. The van der Waals surface area contributed by atoms with E-state index in [0.717, 1.165) is 37.1 Å². The Hall–Kier alpha value is -2.47. The van der Waals surface area contributed by atoms with Crippen LogP contribution < -0.4 is 16.0 Å². The largest absolute Gasteiger partial charge is 0.435 e. The number of pyridine rings is 1. The third kappa shape index (κ3) is 2.98. The monoisotopic (exact) mass is 360 g/mol. The van der Waals surface area contributed by atoms with Crippen LogP contribution in [0.2, 0.25) is 5.02 Å². The smallest absolute Gasteiger partial charge is 0.215 e. The highest BCUT2D eigenvalue weighted by molar-refractivity contribution is 6.31. The molecule has 0 spiro atoms. The first-order chi connectivity index (χ1) is 12.1. The molecule has 0 atom stereocenters. The number of piperidine rings is 1. The molecule has 0 unspecified atom stereocenters. The van der Waals surface area contributed by atoms with Crippen LogP contribution in [-0.4, -0.2) is 18.1 Å². The lowest BCUT2D eigenvalue weighted by atomic mass is 10.1. The van der Waals surface area contributed by atoms with Crippen molar-refractivity contribution < 1.29 is 8.81 Å². The number of anilines is 4. The molecule has 0 saturated carbocycles. The molecule has 0 radical (unpaired) electrons. The van der Waals surface area contributed by atoms with E-state index in [1.54, 1.807) is 12.3 Å². The summed E-state index contributed by atoms with van der Waals surface area (Å²) >= 11 is 5.85. The molecule has 2 aromatic heterocycles. The summed E-state index contributed by atoms with van der Waals surface area (Å²) in [5, 5.41) is 4.07. The van der Waals surface area contributed by atoms with Crippen molar-refractivity contribution in [3.63, 3.8) is 0 Å². The highest BCUT2D eigenvalue weighted by atomic mass is 35.5. The van der Waals surface area contributed by atoms with E-state index in [1.807, 2.05) is 6.07 Å². The Morgan fingerprint density at radius 2 is 2.00 bits per heavy atom. The Labute approximate surface area is 149 Å². The summed E-state index contributed by atoms with van der Waals surface area (Å²) in [5.41, 5.74) is 8.02. The molecule has 3 heterocycles. The quantitative estimate of drug-likeness (QED) is 0.692. The van der Waals surface area contributed by atoms with Crippen molar-refractivity contribution in [3.05, 3.63) is 41.3 Å². The summed E-state index contributed by atoms with van der Waals surface area (Å²) in [6.07, 6.45) is 5.29. The van der Waals surface area contributed by atoms with Crippen molar-refractivity contribution in [2.75, 3.05) is 29.0 Å². The second-order valence-corrected chi connectivity index (χ2v) is 6.56. The third-order valence-corrected chi connectivity index (χ3v) is 4.75. The lowest BCUT2D eigenvalue weighted by Crippen LogP contribution is -2.30. The predicted molar refractivity (Wildman–Crippen MR) is 99.2 cm³/mol. The molecule has 7 heteroatoms. The summed E-state index contributed by atoms with van der Waals surface area (Å²) in [4.78, 5) is 6.73. The number of fused-ring (bicyclic) bond motifs is 1. The Morgan fingerprint density at radius 1 is 1.20 bits per heavy atom. The fourth-order valence-electron chi connectivity index (χ4n) is 3.21. The second kappa shape index (κ2) is 6.44. The van der Waals surface area contributed by atoms with E-state index in [-0.39, 0.29) is 10.9 Å². The van der Waals surface area contributed by atoms with Gasteiger partial charge in [-0.25, -0.2) is 9.37 Å². The van der Waals surface area contributed by atoms with Crippen molar-refractivity contribution >= 4 is 45.6 Å². The van der Waals surface area contributed by atoms with E-state index in [2.05, 4.69) is 15.2 Å². The van der Waals surface area contributed by atoms with E-state index < -0.39 is 5.82 Å². The van der Waals surface area contributed by atoms with Gasteiger partial charge in [0.05, 0.1) is 10.4 Å². The molecule has 1 aliphatic rings. The Balaban J connectivity index is 1.74. The van der Waals surface area contributed by atoms with Crippen LogP contribution in [-0.2, 0) is 0 Å². The van der Waals surface area contributed by atoms with Gasteiger partial charge in [-0.3, -0.25) is 0 Å². The maximum atomic E-state index is 13.4. The lowest BCUT2D eigenvalue weighted by Gasteiger charge is -2.27. The molecule has 130 valence electrons. The minimum Gasteiger partial charge on any atom is -0.435 e. The Morgan fingerprint density at radius 3 is 2.76 bits per heavy atom. The minimum absolute atomic E-state index is 0.0482. The van der Waals surface area contributed by atoms with Crippen LogP contribution in [0.1, 0.15) is 19.3 Å². The van der Waals surface area contributed by atoms with Gasteiger partial charge in [0, 0.05) is 25.0 Å². The number of benzene rings is 1. The molecular weight excluding hydrogens is 343 g/mol. The zero-order chi connectivity index (χ0) is 17.4. The van der Waals surface area contributed by atoms with Crippen LogP contribution in [0.15, 0.2) is 34.9 Å². The number of nitrogen functional groups attached to an aromatic ring is 1. The number of halogens is 2. The molecule has 3 aromatic rings. The topological polar surface area (TPSA) is 67.3 Å². The van der Waals surface area contributed by atoms with Gasteiger partial charge in [0.2, 0.25) is 5.88 Å². The number of nitrogens with one attached hydrogen (secondary N) is 1. The first-order valence-electron chi connectivity index (χ1n) is 8.27. The molecule has 4 rings (SSSR count). The standard InChI is InChI=1S/C18H18ClFN4O/c19-13-10-11(4-5-14(13)20)23-15-12-6-7-22-18(16(12)25-17(15)21)24-8-2-1-3-9-24/h4-7,10,23H,1-3,8-9,21H2. The highest BCUT2D eigenvalue weighted by Gasteiger charge is 2.21. The number of rotatable bonds is 3. The average Bonchev–Trinajstić information content (AvgIpc) is 2.94. The molecule has 1 fully saturated rings. The first kappa shape index (κ1) is 16.0.